The molecule has 0 unspecified atom stereocenters. The molecule has 42 heavy (non-hydrogen) atoms. The Morgan fingerprint density at radius 2 is 0.476 bits per heavy atom. The van der Waals surface area contributed by atoms with E-state index in [2.05, 4.69) is 72.8 Å². The third-order valence-electron chi connectivity index (χ3n) is 7.50. The van der Waals surface area contributed by atoms with Crippen molar-refractivity contribution in [3.8, 4) is 0 Å². The van der Waals surface area contributed by atoms with Gasteiger partial charge in [0.05, 0.1) is 0 Å². The fourth-order valence-electron chi connectivity index (χ4n) is 5.60. The second-order valence-electron chi connectivity index (χ2n) is 9.96. The fourth-order valence-corrected chi connectivity index (χ4v) is 35.5. The SMILES string of the molecule is O=[P+]([O][Sn]([c]1ccccc1)([c]1ccccc1)[c]1ccccc1)[O][Sn]([c]1ccccc1)([c]1ccccc1)[c]1ccccc1. The molecule has 0 aliphatic heterocycles. The summed E-state index contributed by atoms with van der Waals surface area (Å²) >= 11 is -8.68. The summed E-state index contributed by atoms with van der Waals surface area (Å²) in [4.78, 5) is 0. The molecule has 0 heterocycles. The van der Waals surface area contributed by atoms with Crippen molar-refractivity contribution in [3.63, 3.8) is 0 Å². The minimum absolute atomic E-state index is 1.08. The van der Waals surface area contributed by atoms with E-state index in [0.29, 0.717) is 0 Å². The Hall–Kier alpha value is -3.06. The zero-order valence-corrected chi connectivity index (χ0v) is 29.6. The number of hydrogen-bond acceptors (Lipinski definition) is 3. The van der Waals surface area contributed by atoms with Crippen LogP contribution in [-0.2, 0) is 10.3 Å². The zero-order valence-electron chi connectivity index (χ0n) is 23.0. The quantitative estimate of drug-likeness (QED) is 0.145. The van der Waals surface area contributed by atoms with Crippen LogP contribution in [0.5, 0.6) is 0 Å². The van der Waals surface area contributed by atoms with Gasteiger partial charge in [-0.25, -0.2) is 0 Å². The van der Waals surface area contributed by atoms with Crippen LogP contribution in [0.1, 0.15) is 0 Å². The first-order valence-corrected chi connectivity index (χ1v) is 25.9. The molecule has 0 bridgehead atoms. The number of benzene rings is 6. The molecule has 0 aliphatic carbocycles. The van der Waals surface area contributed by atoms with Crippen LogP contribution in [0.15, 0.2) is 182 Å². The summed E-state index contributed by atoms with van der Waals surface area (Å²) in [6, 6.07) is 61.8. The first-order chi connectivity index (χ1) is 20.7. The van der Waals surface area contributed by atoms with Gasteiger partial charge in [0.2, 0.25) is 0 Å². The van der Waals surface area contributed by atoms with Crippen molar-refractivity contribution in [3.05, 3.63) is 182 Å². The third kappa shape index (κ3) is 5.77. The van der Waals surface area contributed by atoms with Crippen LogP contribution in [0, 0.1) is 0 Å². The van der Waals surface area contributed by atoms with Gasteiger partial charge in [0.15, 0.2) is 0 Å². The van der Waals surface area contributed by atoms with Crippen molar-refractivity contribution in [2.45, 2.75) is 0 Å². The average Bonchev–Trinajstić information content (AvgIpc) is 3.08. The van der Waals surface area contributed by atoms with Gasteiger partial charge in [-0.1, -0.05) is 0 Å². The topological polar surface area (TPSA) is 35.5 Å². The maximum absolute atomic E-state index is 14.7. The first-order valence-electron chi connectivity index (χ1n) is 13.9. The van der Waals surface area contributed by atoms with E-state index in [1.807, 2.05) is 109 Å². The van der Waals surface area contributed by atoms with Crippen LogP contribution < -0.4 is 21.5 Å². The molecule has 3 nitrogen and oxygen atoms in total. The van der Waals surface area contributed by atoms with E-state index in [9.17, 15) is 4.57 Å². The maximum atomic E-state index is 14.7. The van der Waals surface area contributed by atoms with Gasteiger partial charge < -0.3 is 0 Å². The Balaban J connectivity index is 1.55. The second kappa shape index (κ2) is 13.5. The molecule has 0 saturated carbocycles. The molecule has 6 heteroatoms. The Labute approximate surface area is 257 Å². The van der Waals surface area contributed by atoms with E-state index in [1.165, 1.54) is 0 Å². The molecular formula is C36H30O3PSn2+. The van der Waals surface area contributed by atoms with E-state index in [4.69, 9.17) is 5.72 Å². The molecule has 0 amide bonds. The van der Waals surface area contributed by atoms with Crippen molar-refractivity contribution < 1.29 is 10.3 Å². The molecule has 0 aliphatic rings. The minimum atomic E-state index is -4.34. The fraction of sp³-hybridized carbons (Fsp3) is 0. The Kier molecular flexibility index (Phi) is 9.33. The summed E-state index contributed by atoms with van der Waals surface area (Å²) < 4.78 is 35.3. The normalized spacial score (nSPS) is 11.6. The summed E-state index contributed by atoms with van der Waals surface area (Å²) in [7, 11) is -2.56. The van der Waals surface area contributed by atoms with Gasteiger partial charge in [-0.2, -0.15) is 0 Å². The van der Waals surface area contributed by atoms with E-state index >= 15 is 0 Å². The monoisotopic (exact) mass is 781 g/mol. The van der Waals surface area contributed by atoms with Crippen LogP contribution in [0.2, 0.25) is 0 Å². The molecule has 204 valence electrons. The summed E-state index contributed by atoms with van der Waals surface area (Å²) in [5.41, 5.74) is 0. The van der Waals surface area contributed by atoms with Gasteiger partial charge in [-0.3, -0.25) is 0 Å². The van der Waals surface area contributed by atoms with Gasteiger partial charge >= 0.3 is 260 Å². The van der Waals surface area contributed by atoms with E-state index in [0.717, 1.165) is 21.5 Å². The Morgan fingerprint density at radius 3 is 0.643 bits per heavy atom. The Bertz CT molecular complexity index is 1400. The molecule has 0 aromatic heterocycles. The predicted molar refractivity (Wildman–Crippen MR) is 178 cm³/mol. The van der Waals surface area contributed by atoms with Crippen molar-refractivity contribution >= 4 is 67.3 Å². The van der Waals surface area contributed by atoms with Crippen LogP contribution in [0.25, 0.3) is 0 Å². The van der Waals surface area contributed by atoms with Gasteiger partial charge in [-0.15, -0.1) is 0 Å². The zero-order chi connectivity index (χ0) is 28.7. The van der Waals surface area contributed by atoms with Gasteiger partial charge in [0.1, 0.15) is 0 Å². The molecule has 0 fully saturated rings. The first kappa shape index (κ1) is 29.0. The van der Waals surface area contributed by atoms with Crippen molar-refractivity contribution in [1.29, 1.82) is 0 Å². The molecule has 0 N–H and O–H groups in total. The van der Waals surface area contributed by atoms with E-state index in [-0.39, 0.29) is 0 Å². The third-order valence-corrected chi connectivity index (χ3v) is 35.2. The molecule has 6 aromatic rings. The molecule has 0 atom stereocenters. The van der Waals surface area contributed by atoms with Crippen molar-refractivity contribution in [2.24, 2.45) is 0 Å². The number of rotatable bonds is 10. The average molecular weight is 779 g/mol. The van der Waals surface area contributed by atoms with Crippen LogP contribution >= 0.6 is 8.25 Å². The summed E-state index contributed by atoms with van der Waals surface area (Å²) in [5.74, 6) is 0. The molecule has 6 rings (SSSR count). The standard InChI is InChI=1S/6C6H5.HO3P.2Sn/c6*1-2-4-6-5-3-1;1-4(2)3;;/h6*1-5H;(H,1,2,3);;/q;;;;;;;2*+1/p-1. The van der Waals surface area contributed by atoms with Crippen LogP contribution in [0.3, 0.4) is 0 Å². The van der Waals surface area contributed by atoms with Gasteiger partial charge in [0, 0.05) is 0 Å². The van der Waals surface area contributed by atoms with Crippen molar-refractivity contribution in [1.82, 2.24) is 0 Å². The van der Waals surface area contributed by atoms with Gasteiger partial charge in [-0.05, 0) is 0 Å². The molecule has 6 aromatic carbocycles. The molecule has 0 saturated heterocycles. The molecule has 0 spiro atoms. The summed E-state index contributed by atoms with van der Waals surface area (Å²) in [6.07, 6.45) is 0. The number of hydrogen-bond donors (Lipinski definition) is 0. The van der Waals surface area contributed by atoms with Crippen LogP contribution in [0.4, 0.5) is 0 Å². The predicted octanol–water partition coefficient (Wildman–Crippen LogP) is 5.01. The van der Waals surface area contributed by atoms with E-state index < -0.39 is 45.8 Å². The molecular weight excluding hydrogens is 749 g/mol. The van der Waals surface area contributed by atoms with Crippen molar-refractivity contribution in [2.75, 3.05) is 0 Å². The van der Waals surface area contributed by atoms with Crippen LogP contribution in [-0.4, -0.2) is 37.6 Å². The van der Waals surface area contributed by atoms with Gasteiger partial charge in [0.25, 0.3) is 0 Å². The summed E-state index contributed by atoms with van der Waals surface area (Å²) in [6.45, 7) is 0. The Morgan fingerprint density at radius 1 is 0.310 bits per heavy atom. The summed E-state index contributed by atoms with van der Waals surface area (Å²) in [5, 5.41) is 0. The molecule has 0 radical (unpaired) electrons. The second-order valence-corrected chi connectivity index (χ2v) is 31.6. The van der Waals surface area contributed by atoms with E-state index in [1.54, 1.807) is 0 Å².